The Morgan fingerprint density at radius 3 is 2.90 bits per heavy atom. The van der Waals surface area contributed by atoms with E-state index in [0.29, 0.717) is 22.8 Å². The summed E-state index contributed by atoms with van der Waals surface area (Å²) < 4.78 is 6.57. The molecule has 2 aromatic rings. The van der Waals surface area contributed by atoms with Crippen LogP contribution in [0.4, 0.5) is 5.69 Å². The Balaban J connectivity index is 2.22. The predicted octanol–water partition coefficient (Wildman–Crippen LogP) is 3.03. The highest BCUT2D eigenvalue weighted by Crippen LogP contribution is 2.23. The first-order valence-electron chi connectivity index (χ1n) is 6.68. The lowest BCUT2D eigenvalue weighted by Gasteiger charge is -2.11. The van der Waals surface area contributed by atoms with Gasteiger partial charge >= 0.3 is 5.97 Å². The lowest BCUT2D eigenvalue weighted by molar-refractivity contribution is 0.0602. The number of benzene rings is 1. The molecule has 2 rings (SSSR count). The fourth-order valence-electron chi connectivity index (χ4n) is 2.17. The van der Waals surface area contributed by atoms with E-state index in [1.165, 1.54) is 7.11 Å². The molecule has 0 radical (unpaired) electrons. The number of nitrogens with one attached hydrogen (secondary N) is 1. The number of aryl methyl sites for hydroxylation is 2. The molecule has 0 saturated heterocycles. The smallest absolute Gasteiger partial charge is 0.339 e. The van der Waals surface area contributed by atoms with Crippen molar-refractivity contribution in [1.82, 2.24) is 9.78 Å². The fourth-order valence-corrected chi connectivity index (χ4v) is 2.34. The molecule has 5 nitrogen and oxygen atoms in total. The van der Waals surface area contributed by atoms with Crippen molar-refractivity contribution in [3.63, 3.8) is 0 Å². The van der Waals surface area contributed by atoms with E-state index in [9.17, 15) is 4.79 Å². The van der Waals surface area contributed by atoms with E-state index in [0.717, 1.165) is 17.7 Å². The number of esters is 1. The SMILES string of the molecule is CCc1nn(C)cc1CNc1cc(Cl)ccc1C(=O)OC. The van der Waals surface area contributed by atoms with Gasteiger partial charge in [-0.2, -0.15) is 5.10 Å². The maximum Gasteiger partial charge on any atom is 0.339 e. The first kappa shape index (κ1) is 15.4. The number of anilines is 1. The van der Waals surface area contributed by atoms with E-state index in [1.54, 1.807) is 22.9 Å². The zero-order chi connectivity index (χ0) is 15.4. The summed E-state index contributed by atoms with van der Waals surface area (Å²) in [4.78, 5) is 11.8. The highest BCUT2D eigenvalue weighted by molar-refractivity contribution is 6.31. The minimum atomic E-state index is -0.393. The van der Waals surface area contributed by atoms with Gasteiger partial charge in [-0.1, -0.05) is 18.5 Å². The monoisotopic (exact) mass is 307 g/mol. The number of methoxy groups -OCH3 is 1. The lowest BCUT2D eigenvalue weighted by Crippen LogP contribution is -2.08. The Labute approximate surface area is 128 Å². The molecule has 0 spiro atoms. The van der Waals surface area contributed by atoms with Crippen molar-refractivity contribution in [2.24, 2.45) is 7.05 Å². The second-order valence-corrected chi connectivity index (χ2v) is 5.10. The molecule has 6 heteroatoms. The summed E-state index contributed by atoms with van der Waals surface area (Å²) in [6.45, 7) is 2.63. The van der Waals surface area contributed by atoms with Crippen LogP contribution in [-0.2, 0) is 24.8 Å². The maximum absolute atomic E-state index is 11.8. The molecule has 0 aliphatic heterocycles. The highest BCUT2D eigenvalue weighted by atomic mass is 35.5. The van der Waals surface area contributed by atoms with Gasteiger partial charge in [0, 0.05) is 30.4 Å². The van der Waals surface area contributed by atoms with Crippen molar-refractivity contribution in [2.75, 3.05) is 12.4 Å². The van der Waals surface area contributed by atoms with Crippen molar-refractivity contribution < 1.29 is 9.53 Å². The number of aromatic nitrogens is 2. The first-order valence-corrected chi connectivity index (χ1v) is 7.06. The number of carbonyl (C=O) groups is 1. The Kier molecular flexibility index (Phi) is 4.85. The Morgan fingerprint density at radius 2 is 2.24 bits per heavy atom. The molecule has 0 bridgehead atoms. The summed E-state index contributed by atoms with van der Waals surface area (Å²) in [6, 6.07) is 5.04. The second kappa shape index (κ2) is 6.63. The minimum absolute atomic E-state index is 0.393. The Bertz CT molecular complexity index is 652. The molecule has 1 heterocycles. The van der Waals surface area contributed by atoms with Gasteiger partial charge in [0.15, 0.2) is 0 Å². The fraction of sp³-hybridized carbons (Fsp3) is 0.333. The summed E-state index contributed by atoms with van der Waals surface area (Å²) in [6.07, 6.45) is 2.82. The van der Waals surface area contributed by atoms with Crippen LogP contribution in [-0.4, -0.2) is 22.9 Å². The van der Waals surface area contributed by atoms with E-state index < -0.39 is 5.97 Å². The number of rotatable bonds is 5. The van der Waals surface area contributed by atoms with Crippen LogP contribution in [0.15, 0.2) is 24.4 Å². The minimum Gasteiger partial charge on any atom is -0.465 e. The molecule has 0 aliphatic rings. The van der Waals surface area contributed by atoms with Crippen LogP contribution in [0.2, 0.25) is 5.02 Å². The van der Waals surface area contributed by atoms with Gasteiger partial charge in [0.1, 0.15) is 0 Å². The van der Waals surface area contributed by atoms with Gasteiger partial charge in [-0.15, -0.1) is 0 Å². The summed E-state index contributed by atoms with van der Waals surface area (Å²) in [5, 5.41) is 8.19. The van der Waals surface area contributed by atoms with E-state index in [1.807, 2.05) is 13.2 Å². The summed E-state index contributed by atoms with van der Waals surface area (Å²) in [7, 11) is 3.25. The number of carbonyl (C=O) groups excluding carboxylic acids is 1. The van der Waals surface area contributed by atoms with Crippen molar-refractivity contribution in [3.05, 3.63) is 46.2 Å². The third-order valence-electron chi connectivity index (χ3n) is 3.18. The number of ether oxygens (including phenoxy) is 1. The molecule has 0 saturated carbocycles. The summed E-state index contributed by atoms with van der Waals surface area (Å²) >= 11 is 6.00. The number of nitrogens with zero attached hydrogens (tertiary/aromatic N) is 2. The van der Waals surface area contributed by atoms with Crippen LogP contribution in [0.3, 0.4) is 0 Å². The second-order valence-electron chi connectivity index (χ2n) is 4.66. The van der Waals surface area contributed by atoms with Gasteiger partial charge in [-0.3, -0.25) is 4.68 Å². The molecule has 112 valence electrons. The number of hydrogen-bond donors (Lipinski definition) is 1. The van der Waals surface area contributed by atoms with Crippen LogP contribution >= 0.6 is 11.6 Å². The van der Waals surface area contributed by atoms with Gasteiger partial charge in [0.05, 0.1) is 24.1 Å². The van der Waals surface area contributed by atoms with Crippen LogP contribution < -0.4 is 5.32 Å². The number of hydrogen-bond acceptors (Lipinski definition) is 4. The van der Waals surface area contributed by atoms with Crippen molar-refractivity contribution in [2.45, 2.75) is 19.9 Å². The Morgan fingerprint density at radius 1 is 1.48 bits per heavy atom. The first-order chi connectivity index (χ1) is 10.0. The Hall–Kier alpha value is -2.01. The third-order valence-corrected chi connectivity index (χ3v) is 3.42. The standard InChI is InChI=1S/C15H18ClN3O2/c1-4-13-10(9-19(2)18-13)8-17-14-7-11(16)5-6-12(14)15(20)21-3/h5-7,9,17H,4,8H2,1-3H3. The normalized spacial score (nSPS) is 10.5. The van der Waals surface area contributed by atoms with Crippen LogP contribution in [0.5, 0.6) is 0 Å². The molecule has 1 aromatic heterocycles. The zero-order valence-electron chi connectivity index (χ0n) is 12.3. The molecule has 0 unspecified atom stereocenters. The van der Waals surface area contributed by atoms with Crippen molar-refractivity contribution >= 4 is 23.3 Å². The zero-order valence-corrected chi connectivity index (χ0v) is 13.1. The third kappa shape index (κ3) is 3.55. The molecule has 0 atom stereocenters. The molecule has 1 N–H and O–H groups in total. The molecule has 21 heavy (non-hydrogen) atoms. The van der Waals surface area contributed by atoms with Gasteiger partial charge in [0.2, 0.25) is 0 Å². The van der Waals surface area contributed by atoms with Crippen molar-refractivity contribution in [1.29, 1.82) is 0 Å². The average Bonchev–Trinajstić information content (AvgIpc) is 2.84. The maximum atomic E-state index is 11.8. The van der Waals surface area contributed by atoms with E-state index in [4.69, 9.17) is 16.3 Å². The van der Waals surface area contributed by atoms with Gasteiger partial charge in [-0.25, -0.2) is 4.79 Å². The largest absolute Gasteiger partial charge is 0.465 e. The quantitative estimate of drug-likeness (QED) is 0.863. The van der Waals surface area contributed by atoms with Crippen LogP contribution in [0.1, 0.15) is 28.5 Å². The lowest BCUT2D eigenvalue weighted by atomic mass is 10.1. The van der Waals surface area contributed by atoms with E-state index in [2.05, 4.69) is 17.3 Å². The highest BCUT2D eigenvalue weighted by Gasteiger charge is 2.13. The van der Waals surface area contributed by atoms with Gasteiger partial charge < -0.3 is 10.1 Å². The number of halogens is 1. The molecular weight excluding hydrogens is 290 g/mol. The van der Waals surface area contributed by atoms with Crippen molar-refractivity contribution in [3.8, 4) is 0 Å². The molecule has 0 aliphatic carbocycles. The van der Waals surface area contributed by atoms with Gasteiger partial charge in [0.25, 0.3) is 0 Å². The van der Waals surface area contributed by atoms with Crippen LogP contribution in [0, 0.1) is 0 Å². The molecule has 0 fully saturated rings. The van der Waals surface area contributed by atoms with Gasteiger partial charge in [-0.05, 0) is 24.6 Å². The molecule has 0 amide bonds. The van der Waals surface area contributed by atoms with E-state index in [-0.39, 0.29) is 0 Å². The molecular formula is C15H18ClN3O2. The molecule has 1 aromatic carbocycles. The average molecular weight is 308 g/mol. The summed E-state index contributed by atoms with van der Waals surface area (Å²) in [5.41, 5.74) is 3.24. The van der Waals surface area contributed by atoms with Crippen LogP contribution in [0.25, 0.3) is 0 Å². The summed E-state index contributed by atoms with van der Waals surface area (Å²) in [5.74, 6) is -0.393. The predicted molar refractivity (Wildman–Crippen MR) is 82.7 cm³/mol. The van der Waals surface area contributed by atoms with E-state index >= 15 is 0 Å². The topological polar surface area (TPSA) is 56.2 Å².